The fourth-order valence-electron chi connectivity index (χ4n) is 2.81. The zero-order chi connectivity index (χ0) is 21.8. The van der Waals surface area contributed by atoms with Crippen LogP contribution in [0.3, 0.4) is 0 Å². The number of para-hydroxylation sites is 2. The van der Waals surface area contributed by atoms with Crippen molar-refractivity contribution in [3.05, 3.63) is 82.8 Å². The zero-order valence-corrected chi connectivity index (χ0v) is 17.0. The summed E-state index contributed by atoms with van der Waals surface area (Å²) < 4.78 is 20.8. The summed E-state index contributed by atoms with van der Waals surface area (Å²) in [6, 6.07) is 14.3. The normalized spacial score (nSPS) is 10.5. The molecular weight excluding hydrogens is 421 g/mol. The molecule has 2 aromatic carbocycles. The minimum atomic E-state index is -0.564. The molecule has 0 fully saturated rings. The van der Waals surface area contributed by atoms with Gasteiger partial charge in [-0.25, -0.2) is 14.1 Å². The largest absolute Gasteiger partial charge is 0.495 e. The Hall–Kier alpha value is -4.05. The Labute approximate surface area is 180 Å². The average Bonchev–Trinajstić information content (AvgIpc) is 3.47. The van der Waals surface area contributed by atoms with Crippen LogP contribution < -0.4 is 15.4 Å². The summed E-state index contributed by atoms with van der Waals surface area (Å²) in [6.07, 6.45) is 2.67. The quantitative estimate of drug-likeness (QED) is 0.475. The third-order valence-corrected chi connectivity index (χ3v) is 5.36. The number of aromatic nitrogens is 3. The second-order valence-corrected chi connectivity index (χ2v) is 7.36. The molecule has 0 saturated heterocycles. The van der Waals surface area contributed by atoms with Crippen LogP contribution in [-0.2, 0) is 0 Å². The SMILES string of the molecule is COc1ccccc1NC(=O)c1ccc(C(=O)Nc2ccc(-n3cncn3)c(F)c2)s1. The van der Waals surface area contributed by atoms with E-state index in [1.54, 1.807) is 36.4 Å². The van der Waals surface area contributed by atoms with Gasteiger partial charge in [0.15, 0.2) is 5.82 Å². The molecule has 31 heavy (non-hydrogen) atoms. The lowest BCUT2D eigenvalue weighted by Gasteiger charge is -2.08. The molecule has 0 aliphatic heterocycles. The van der Waals surface area contributed by atoms with Crippen molar-refractivity contribution in [3.63, 3.8) is 0 Å². The molecule has 4 aromatic rings. The molecule has 156 valence electrons. The molecule has 2 amide bonds. The van der Waals surface area contributed by atoms with Crippen molar-refractivity contribution >= 4 is 34.5 Å². The molecule has 0 spiro atoms. The summed E-state index contributed by atoms with van der Waals surface area (Å²) >= 11 is 1.03. The van der Waals surface area contributed by atoms with E-state index in [4.69, 9.17) is 4.74 Å². The lowest BCUT2D eigenvalue weighted by molar-refractivity contribution is 0.102. The maximum Gasteiger partial charge on any atom is 0.265 e. The van der Waals surface area contributed by atoms with E-state index in [9.17, 15) is 14.0 Å². The van der Waals surface area contributed by atoms with E-state index in [0.717, 1.165) is 11.3 Å². The van der Waals surface area contributed by atoms with Crippen molar-refractivity contribution in [2.45, 2.75) is 0 Å². The predicted octanol–water partition coefficient (Wildman–Crippen LogP) is 3.98. The molecule has 4 rings (SSSR count). The van der Waals surface area contributed by atoms with Gasteiger partial charge in [0.05, 0.1) is 22.6 Å². The first-order valence-corrected chi connectivity index (χ1v) is 9.87. The monoisotopic (exact) mass is 437 g/mol. The van der Waals surface area contributed by atoms with Gasteiger partial charge in [-0.05, 0) is 42.5 Å². The number of ether oxygens (including phenoxy) is 1. The molecule has 0 unspecified atom stereocenters. The van der Waals surface area contributed by atoms with Crippen LogP contribution >= 0.6 is 11.3 Å². The number of nitrogens with zero attached hydrogens (tertiary/aromatic N) is 3. The van der Waals surface area contributed by atoms with Gasteiger partial charge in [-0.2, -0.15) is 5.10 Å². The summed E-state index contributed by atoms with van der Waals surface area (Å²) in [6.45, 7) is 0. The number of hydrogen-bond acceptors (Lipinski definition) is 6. The number of methoxy groups -OCH3 is 1. The molecular formula is C21H16FN5O3S. The number of anilines is 2. The van der Waals surface area contributed by atoms with Crippen molar-refractivity contribution in [1.82, 2.24) is 14.8 Å². The number of carbonyl (C=O) groups is 2. The topological polar surface area (TPSA) is 98.1 Å². The number of halogens is 1. The number of nitrogens with one attached hydrogen (secondary N) is 2. The number of carbonyl (C=O) groups excluding carboxylic acids is 2. The van der Waals surface area contributed by atoms with Crippen LogP contribution in [0.4, 0.5) is 15.8 Å². The third-order valence-electron chi connectivity index (χ3n) is 4.28. The summed E-state index contributed by atoms with van der Waals surface area (Å²) in [5, 5.41) is 9.26. The summed E-state index contributed by atoms with van der Waals surface area (Å²) in [5.41, 5.74) is 1.01. The highest BCUT2D eigenvalue weighted by Crippen LogP contribution is 2.26. The van der Waals surface area contributed by atoms with Crippen LogP contribution in [0.25, 0.3) is 5.69 Å². The van der Waals surface area contributed by atoms with Gasteiger partial charge < -0.3 is 15.4 Å². The zero-order valence-electron chi connectivity index (χ0n) is 16.2. The van der Waals surface area contributed by atoms with Crippen molar-refractivity contribution in [2.75, 3.05) is 17.7 Å². The number of hydrogen-bond donors (Lipinski definition) is 2. The molecule has 0 saturated carbocycles. The van der Waals surface area contributed by atoms with E-state index in [1.165, 1.54) is 42.6 Å². The van der Waals surface area contributed by atoms with E-state index in [1.807, 2.05) is 0 Å². The van der Waals surface area contributed by atoms with Gasteiger partial charge in [0.2, 0.25) is 0 Å². The lowest BCUT2D eigenvalue weighted by Crippen LogP contribution is -2.12. The Kier molecular flexibility index (Phi) is 5.72. The molecule has 0 atom stereocenters. The predicted molar refractivity (Wildman–Crippen MR) is 115 cm³/mol. The van der Waals surface area contributed by atoms with Crippen molar-refractivity contribution in [3.8, 4) is 11.4 Å². The van der Waals surface area contributed by atoms with Crippen molar-refractivity contribution < 1.29 is 18.7 Å². The van der Waals surface area contributed by atoms with Crippen LogP contribution in [0.15, 0.2) is 67.3 Å². The molecule has 2 N–H and O–H groups in total. The lowest BCUT2D eigenvalue weighted by atomic mass is 10.2. The highest BCUT2D eigenvalue weighted by atomic mass is 32.1. The molecule has 8 nitrogen and oxygen atoms in total. The van der Waals surface area contributed by atoms with E-state index in [2.05, 4.69) is 20.7 Å². The number of thiophene rings is 1. The second kappa shape index (κ2) is 8.76. The second-order valence-electron chi connectivity index (χ2n) is 6.28. The minimum absolute atomic E-state index is 0.210. The van der Waals surface area contributed by atoms with Gasteiger partial charge in [0.25, 0.3) is 11.8 Å². The standard InChI is InChI=1S/C21H16FN5O3S/c1-30-17-5-3-2-4-15(17)26-21(29)19-9-8-18(31-19)20(28)25-13-6-7-16(14(22)10-13)27-12-23-11-24-27/h2-12H,1H3,(H,25,28)(H,26,29). The fraction of sp³-hybridized carbons (Fsp3) is 0.0476. The fourth-order valence-corrected chi connectivity index (χ4v) is 3.61. The molecule has 0 aliphatic rings. The van der Waals surface area contributed by atoms with Crippen LogP contribution in [0.1, 0.15) is 19.3 Å². The van der Waals surface area contributed by atoms with Crippen LogP contribution in [0.2, 0.25) is 0 Å². The molecule has 0 radical (unpaired) electrons. The first-order valence-electron chi connectivity index (χ1n) is 9.05. The van der Waals surface area contributed by atoms with Crippen molar-refractivity contribution in [2.24, 2.45) is 0 Å². The summed E-state index contributed by atoms with van der Waals surface area (Å²) in [7, 11) is 1.51. The molecule has 0 bridgehead atoms. The first kappa shape index (κ1) is 20.2. The van der Waals surface area contributed by atoms with Crippen LogP contribution in [0, 0.1) is 5.82 Å². The van der Waals surface area contributed by atoms with Gasteiger partial charge in [0.1, 0.15) is 24.1 Å². The van der Waals surface area contributed by atoms with E-state index >= 15 is 0 Å². The Balaban J connectivity index is 1.45. The Bertz CT molecular complexity index is 1240. The number of rotatable bonds is 6. The van der Waals surface area contributed by atoms with Crippen LogP contribution in [-0.4, -0.2) is 33.7 Å². The van der Waals surface area contributed by atoms with E-state index in [-0.39, 0.29) is 17.3 Å². The highest BCUT2D eigenvalue weighted by molar-refractivity contribution is 7.16. The Morgan fingerprint density at radius 1 is 1.03 bits per heavy atom. The maximum atomic E-state index is 14.3. The Morgan fingerprint density at radius 2 is 1.77 bits per heavy atom. The minimum Gasteiger partial charge on any atom is -0.495 e. The highest BCUT2D eigenvalue weighted by Gasteiger charge is 2.16. The molecule has 10 heteroatoms. The first-order chi connectivity index (χ1) is 15.0. The summed E-state index contributed by atoms with van der Waals surface area (Å²) in [4.78, 5) is 29.5. The van der Waals surface area contributed by atoms with Gasteiger partial charge in [-0.15, -0.1) is 11.3 Å². The molecule has 0 aliphatic carbocycles. The smallest absolute Gasteiger partial charge is 0.265 e. The summed E-state index contributed by atoms with van der Waals surface area (Å²) in [5.74, 6) is -0.848. The van der Waals surface area contributed by atoms with Crippen LogP contribution in [0.5, 0.6) is 5.75 Å². The third kappa shape index (κ3) is 4.43. The number of amides is 2. The van der Waals surface area contributed by atoms with E-state index < -0.39 is 11.7 Å². The van der Waals surface area contributed by atoms with Crippen molar-refractivity contribution in [1.29, 1.82) is 0 Å². The van der Waals surface area contributed by atoms with Gasteiger partial charge in [0, 0.05) is 5.69 Å². The average molecular weight is 437 g/mol. The van der Waals surface area contributed by atoms with Gasteiger partial charge in [-0.1, -0.05) is 12.1 Å². The molecule has 2 aromatic heterocycles. The van der Waals surface area contributed by atoms with Gasteiger partial charge in [-0.3, -0.25) is 9.59 Å². The number of benzene rings is 2. The Morgan fingerprint density at radius 3 is 2.45 bits per heavy atom. The van der Waals surface area contributed by atoms with Gasteiger partial charge >= 0.3 is 0 Å². The molecule has 2 heterocycles. The maximum absolute atomic E-state index is 14.3. The van der Waals surface area contributed by atoms with E-state index in [0.29, 0.717) is 21.2 Å².